The lowest BCUT2D eigenvalue weighted by Gasteiger charge is -2.04. The van der Waals surface area contributed by atoms with Crippen molar-refractivity contribution in [1.82, 2.24) is 10.3 Å². The van der Waals surface area contributed by atoms with E-state index in [1.807, 2.05) is 18.4 Å². The van der Waals surface area contributed by atoms with Crippen LogP contribution in [-0.2, 0) is 11.2 Å². The van der Waals surface area contributed by atoms with Gasteiger partial charge in [0.05, 0.1) is 22.0 Å². The van der Waals surface area contributed by atoms with E-state index in [0.717, 1.165) is 33.4 Å². The molecule has 0 fully saturated rings. The lowest BCUT2D eigenvalue weighted by molar-refractivity contribution is -0.120. The molecule has 0 radical (unpaired) electrons. The van der Waals surface area contributed by atoms with Crippen LogP contribution in [0.25, 0.3) is 10.6 Å². The maximum absolute atomic E-state index is 12.0. The van der Waals surface area contributed by atoms with E-state index < -0.39 is 0 Å². The van der Waals surface area contributed by atoms with Crippen LogP contribution in [0.4, 0.5) is 0 Å². The van der Waals surface area contributed by atoms with Gasteiger partial charge in [-0.2, -0.15) is 0 Å². The van der Waals surface area contributed by atoms with Crippen molar-refractivity contribution >= 4 is 28.6 Å². The van der Waals surface area contributed by atoms with Crippen molar-refractivity contribution in [2.24, 2.45) is 0 Å². The average molecular weight is 308 g/mol. The minimum Gasteiger partial charge on any atom is -0.356 e. The molecular formula is C15H20N2OS2. The van der Waals surface area contributed by atoms with Crippen molar-refractivity contribution in [3.8, 4) is 10.6 Å². The highest BCUT2D eigenvalue weighted by atomic mass is 32.1. The molecule has 5 heteroatoms. The molecule has 20 heavy (non-hydrogen) atoms. The van der Waals surface area contributed by atoms with E-state index in [0.29, 0.717) is 6.42 Å². The fourth-order valence-corrected chi connectivity index (χ4v) is 3.76. The maximum Gasteiger partial charge on any atom is 0.225 e. The number of thiophene rings is 1. The van der Waals surface area contributed by atoms with Gasteiger partial charge in [0.1, 0.15) is 0 Å². The molecule has 108 valence electrons. The third kappa shape index (κ3) is 4.15. The van der Waals surface area contributed by atoms with Crippen LogP contribution < -0.4 is 5.32 Å². The van der Waals surface area contributed by atoms with Crippen molar-refractivity contribution in [3.05, 3.63) is 27.4 Å². The predicted octanol–water partition coefficient (Wildman–Crippen LogP) is 4.03. The molecule has 0 aliphatic heterocycles. The number of aryl methyl sites for hydroxylation is 1. The van der Waals surface area contributed by atoms with Gasteiger partial charge in [0.25, 0.3) is 0 Å². The Morgan fingerprint density at radius 1 is 1.40 bits per heavy atom. The van der Waals surface area contributed by atoms with Gasteiger partial charge >= 0.3 is 0 Å². The molecule has 0 saturated carbocycles. The zero-order valence-electron chi connectivity index (χ0n) is 11.9. The van der Waals surface area contributed by atoms with Gasteiger partial charge in [-0.15, -0.1) is 22.7 Å². The number of nitrogens with zero attached hydrogens (tertiary/aromatic N) is 1. The van der Waals surface area contributed by atoms with Crippen LogP contribution in [0.1, 0.15) is 36.1 Å². The fraction of sp³-hybridized carbons (Fsp3) is 0.467. The van der Waals surface area contributed by atoms with E-state index in [1.165, 1.54) is 12.8 Å². The molecule has 2 heterocycles. The van der Waals surface area contributed by atoms with E-state index >= 15 is 0 Å². The average Bonchev–Trinajstić information content (AvgIpc) is 3.04. The van der Waals surface area contributed by atoms with Crippen molar-refractivity contribution in [1.29, 1.82) is 0 Å². The van der Waals surface area contributed by atoms with Crippen LogP contribution in [0, 0.1) is 6.92 Å². The first-order chi connectivity index (χ1) is 9.70. The molecule has 0 aromatic carbocycles. The lowest BCUT2D eigenvalue weighted by atomic mass is 10.2. The second-order valence-corrected chi connectivity index (χ2v) is 6.95. The highest BCUT2D eigenvalue weighted by Gasteiger charge is 2.15. The van der Waals surface area contributed by atoms with Gasteiger partial charge in [-0.25, -0.2) is 4.98 Å². The Balaban J connectivity index is 1.97. The number of hydrogen-bond donors (Lipinski definition) is 1. The van der Waals surface area contributed by atoms with Crippen LogP contribution in [0.15, 0.2) is 17.5 Å². The second-order valence-electron chi connectivity index (χ2n) is 4.72. The van der Waals surface area contributed by atoms with E-state index in [4.69, 9.17) is 0 Å². The number of amides is 1. The maximum atomic E-state index is 12.0. The molecular weight excluding hydrogens is 288 g/mol. The zero-order chi connectivity index (χ0) is 14.4. The molecule has 0 spiro atoms. The Bertz CT molecular complexity index is 546. The minimum absolute atomic E-state index is 0.0996. The van der Waals surface area contributed by atoms with E-state index in [-0.39, 0.29) is 5.91 Å². The van der Waals surface area contributed by atoms with Gasteiger partial charge < -0.3 is 5.32 Å². The molecule has 0 unspecified atom stereocenters. The number of carbonyl (C=O) groups is 1. The van der Waals surface area contributed by atoms with Crippen molar-refractivity contribution in [2.45, 2.75) is 39.5 Å². The van der Waals surface area contributed by atoms with E-state index in [1.54, 1.807) is 22.7 Å². The second kappa shape index (κ2) is 7.55. The Kier molecular flexibility index (Phi) is 5.73. The summed E-state index contributed by atoms with van der Waals surface area (Å²) in [6.45, 7) is 4.93. The quantitative estimate of drug-likeness (QED) is 0.785. The lowest BCUT2D eigenvalue weighted by Crippen LogP contribution is -2.25. The van der Waals surface area contributed by atoms with Crippen molar-refractivity contribution in [2.75, 3.05) is 6.54 Å². The first kappa shape index (κ1) is 15.2. The third-order valence-electron chi connectivity index (χ3n) is 2.98. The molecule has 2 aromatic rings. The largest absolute Gasteiger partial charge is 0.356 e. The summed E-state index contributed by atoms with van der Waals surface area (Å²) in [5.41, 5.74) is 0.978. The van der Waals surface area contributed by atoms with E-state index in [2.05, 4.69) is 23.3 Å². The molecule has 1 amide bonds. The summed E-state index contributed by atoms with van der Waals surface area (Å²) < 4.78 is 0. The van der Waals surface area contributed by atoms with E-state index in [9.17, 15) is 4.79 Å². The van der Waals surface area contributed by atoms with Crippen molar-refractivity contribution < 1.29 is 4.79 Å². The predicted molar refractivity (Wildman–Crippen MR) is 86.4 cm³/mol. The summed E-state index contributed by atoms with van der Waals surface area (Å²) in [7, 11) is 0. The Morgan fingerprint density at radius 3 is 2.95 bits per heavy atom. The summed E-state index contributed by atoms with van der Waals surface area (Å²) in [6, 6.07) is 4.07. The van der Waals surface area contributed by atoms with Gasteiger partial charge in [0.15, 0.2) is 0 Å². The molecule has 3 nitrogen and oxygen atoms in total. The number of carbonyl (C=O) groups excluding carboxylic acids is 1. The summed E-state index contributed by atoms with van der Waals surface area (Å²) in [6.07, 6.45) is 3.83. The molecule has 0 bridgehead atoms. The molecule has 0 aliphatic carbocycles. The number of thiazole rings is 1. The summed E-state index contributed by atoms with van der Waals surface area (Å²) in [5.74, 6) is 0.0996. The van der Waals surface area contributed by atoms with Crippen LogP contribution >= 0.6 is 22.7 Å². The fourth-order valence-electron chi connectivity index (χ4n) is 2.01. The van der Waals surface area contributed by atoms with Gasteiger partial charge in [0, 0.05) is 11.4 Å². The highest BCUT2D eigenvalue weighted by molar-refractivity contribution is 7.15. The van der Waals surface area contributed by atoms with Gasteiger partial charge in [0.2, 0.25) is 5.91 Å². The van der Waals surface area contributed by atoms with Crippen LogP contribution in [0.5, 0.6) is 0 Å². The normalized spacial score (nSPS) is 10.7. The molecule has 2 rings (SSSR count). The Morgan fingerprint density at radius 2 is 2.25 bits per heavy atom. The molecule has 0 saturated heterocycles. The molecule has 2 aromatic heterocycles. The van der Waals surface area contributed by atoms with Gasteiger partial charge in [-0.3, -0.25) is 4.79 Å². The third-order valence-corrected chi connectivity index (χ3v) is 4.83. The monoisotopic (exact) mass is 308 g/mol. The Labute approximate surface area is 128 Å². The number of unbranched alkanes of at least 4 members (excludes halogenated alkanes) is 2. The summed E-state index contributed by atoms with van der Waals surface area (Å²) in [4.78, 5) is 18.8. The highest BCUT2D eigenvalue weighted by Crippen LogP contribution is 2.31. The number of rotatable bonds is 7. The van der Waals surface area contributed by atoms with Crippen LogP contribution in [-0.4, -0.2) is 17.4 Å². The van der Waals surface area contributed by atoms with Crippen LogP contribution in [0.2, 0.25) is 0 Å². The Hall–Kier alpha value is -1.20. The topological polar surface area (TPSA) is 42.0 Å². The summed E-state index contributed by atoms with van der Waals surface area (Å²) >= 11 is 3.29. The zero-order valence-corrected chi connectivity index (χ0v) is 13.6. The van der Waals surface area contributed by atoms with Gasteiger partial charge in [-0.1, -0.05) is 25.8 Å². The van der Waals surface area contributed by atoms with Gasteiger partial charge in [-0.05, 0) is 24.8 Å². The smallest absolute Gasteiger partial charge is 0.225 e. The number of nitrogens with one attached hydrogen (secondary N) is 1. The number of aromatic nitrogens is 1. The molecule has 0 atom stereocenters. The van der Waals surface area contributed by atoms with Crippen molar-refractivity contribution in [3.63, 3.8) is 0 Å². The first-order valence-corrected chi connectivity index (χ1v) is 8.67. The summed E-state index contributed by atoms with van der Waals surface area (Å²) in [5, 5.41) is 6.05. The first-order valence-electron chi connectivity index (χ1n) is 6.97. The SMILES string of the molecule is CCCCCNC(=O)Cc1sc(C)nc1-c1cccs1. The minimum atomic E-state index is 0.0996. The van der Waals surface area contributed by atoms with Crippen LogP contribution in [0.3, 0.4) is 0 Å². The number of hydrogen-bond acceptors (Lipinski definition) is 4. The standard InChI is InChI=1S/C15H20N2OS2/c1-3-4-5-8-16-14(18)10-13-15(17-11(2)20-13)12-7-6-9-19-12/h6-7,9H,3-5,8,10H2,1-2H3,(H,16,18). The molecule has 1 N–H and O–H groups in total. The molecule has 0 aliphatic rings.